The Bertz CT molecular complexity index is 389. The lowest BCUT2D eigenvalue weighted by Gasteiger charge is -2.18. The molecule has 0 N–H and O–H groups in total. The smallest absolute Gasteiger partial charge is 0.310 e. The molecule has 0 unspecified atom stereocenters. The standard InChI is InChI=1S/C9H12INO3Si/c1-15(2,3)14-9-5-4-7(10)6-8(9)11(12)13/h4-6H,1-3H3. The Morgan fingerprint density at radius 3 is 2.47 bits per heavy atom. The van der Waals surface area contributed by atoms with Crippen LogP contribution in [0.4, 0.5) is 5.69 Å². The average Bonchev–Trinajstić information content (AvgIpc) is 2.05. The first-order valence-corrected chi connectivity index (χ1v) is 8.91. The maximum Gasteiger partial charge on any atom is 0.310 e. The Morgan fingerprint density at radius 2 is 2.00 bits per heavy atom. The van der Waals surface area contributed by atoms with Crippen molar-refractivity contribution in [1.29, 1.82) is 0 Å². The van der Waals surface area contributed by atoms with Gasteiger partial charge < -0.3 is 4.43 Å². The fraction of sp³-hybridized carbons (Fsp3) is 0.333. The van der Waals surface area contributed by atoms with Gasteiger partial charge in [-0.05, 0) is 54.4 Å². The van der Waals surface area contributed by atoms with Crippen LogP contribution in [0.25, 0.3) is 0 Å². The van der Waals surface area contributed by atoms with Crippen LogP contribution in [-0.4, -0.2) is 13.2 Å². The first-order chi connectivity index (χ1) is 6.79. The summed E-state index contributed by atoms with van der Waals surface area (Å²) in [6.07, 6.45) is 0. The predicted octanol–water partition coefficient (Wildman–Crippen LogP) is 3.41. The van der Waals surface area contributed by atoms with Gasteiger partial charge in [0.2, 0.25) is 8.32 Å². The van der Waals surface area contributed by atoms with E-state index in [1.54, 1.807) is 6.07 Å². The minimum Gasteiger partial charge on any atom is -0.540 e. The molecule has 0 bridgehead atoms. The zero-order valence-electron chi connectivity index (χ0n) is 8.78. The van der Waals surface area contributed by atoms with Gasteiger partial charge in [-0.25, -0.2) is 0 Å². The van der Waals surface area contributed by atoms with Crippen molar-refractivity contribution >= 4 is 36.6 Å². The first-order valence-electron chi connectivity index (χ1n) is 4.42. The fourth-order valence-electron chi connectivity index (χ4n) is 1.05. The maximum atomic E-state index is 10.8. The largest absolute Gasteiger partial charge is 0.540 e. The molecule has 0 heterocycles. The van der Waals surface area contributed by atoms with Crippen LogP contribution in [0.1, 0.15) is 0 Å². The van der Waals surface area contributed by atoms with E-state index in [2.05, 4.69) is 0 Å². The van der Waals surface area contributed by atoms with Gasteiger partial charge >= 0.3 is 5.69 Å². The Labute approximate surface area is 103 Å². The van der Waals surface area contributed by atoms with Crippen LogP contribution in [-0.2, 0) is 0 Å². The molecule has 0 amide bonds. The number of nitrogens with zero attached hydrogens (tertiary/aromatic N) is 1. The van der Waals surface area contributed by atoms with E-state index in [1.807, 2.05) is 48.3 Å². The summed E-state index contributed by atoms with van der Waals surface area (Å²) in [4.78, 5) is 10.4. The third-order valence-electron chi connectivity index (χ3n) is 1.53. The Hall–Kier alpha value is -0.633. The molecule has 0 saturated carbocycles. The van der Waals surface area contributed by atoms with Crippen molar-refractivity contribution in [2.24, 2.45) is 0 Å². The summed E-state index contributed by atoms with van der Waals surface area (Å²) < 4.78 is 6.48. The summed E-state index contributed by atoms with van der Waals surface area (Å²) in [5, 5.41) is 10.8. The predicted molar refractivity (Wildman–Crippen MR) is 69.8 cm³/mol. The molecular formula is C9H12INO3Si. The second kappa shape index (κ2) is 4.48. The van der Waals surface area contributed by atoms with E-state index in [-0.39, 0.29) is 5.69 Å². The third kappa shape index (κ3) is 3.78. The molecule has 82 valence electrons. The van der Waals surface area contributed by atoms with Crippen molar-refractivity contribution in [3.63, 3.8) is 0 Å². The van der Waals surface area contributed by atoms with Crippen molar-refractivity contribution in [1.82, 2.24) is 0 Å². The molecule has 0 aromatic heterocycles. The van der Waals surface area contributed by atoms with E-state index in [1.165, 1.54) is 6.07 Å². The average molecular weight is 337 g/mol. The number of halogens is 1. The highest BCUT2D eigenvalue weighted by Gasteiger charge is 2.22. The molecule has 1 rings (SSSR count). The summed E-state index contributed by atoms with van der Waals surface area (Å²) >= 11 is 2.04. The summed E-state index contributed by atoms with van der Waals surface area (Å²) in [5.41, 5.74) is 0.0457. The van der Waals surface area contributed by atoms with Crippen LogP contribution in [0.5, 0.6) is 5.75 Å². The van der Waals surface area contributed by atoms with Gasteiger partial charge in [0.05, 0.1) is 4.92 Å². The fourth-order valence-corrected chi connectivity index (χ4v) is 2.36. The summed E-state index contributed by atoms with van der Waals surface area (Å²) in [6, 6.07) is 5.00. The second-order valence-corrected chi connectivity index (χ2v) is 9.76. The van der Waals surface area contributed by atoms with E-state index in [0.717, 1.165) is 3.57 Å². The lowest BCUT2D eigenvalue weighted by molar-refractivity contribution is -0.385. The molecule has 0 saturated heterocycles. The SMILES string of the molecule is C[Si](C)(C)Oc1ccc(I)cc1[N+](=O)[O-]. The van der Waals surface area contributed by atoms with E-state index in [4.69, 9.17) is 4.43 Å². The molecule has 0 atom stereocenters. The Morgan fingerprint density at radius 1 is 1.40 bits per heavy atom. The number of hydrogen-bond donors (Lipinski definition) is 0. The van der Waals surface area contributed by atoms with Gasteiger partial charge in [0.1, 0.15) is 0 Å². The highest BCUT2D eigenvalue weighted by Crippen LogP contribution is 2.30. The number of rotatable bonds is 3. The van der Waals surface area contributed by atoms with Crippen molar-refractivity contribution < 1.29 is 9.35 Å². The number of nitro benzene ring substituents is 1. The number of benzene rings is 1. The quantitative estimate of drug-likeness (QED) is 0.368. The molecule has 1 aromatic carbocycles. The third-order valence-corrected chi connectivity index (χ3v) is 3.04. The number of hydrogen-bond acceptors (Lipinski definition) is 3. The van der Waals surface area contributed by atoms with E-state index < -0.39 is 13.2 Å². The Balaban J connectivity index is 3.12. The summed E-state index contributed by atoms with van der Waals surface area (Å²) in [5.74, 6) is 0.375. The minimum absolute atomic E-state index is 0.0457. The van der Waals surface area contributed by atoms with Gasteiger partial charge in [0.25, 0.3) is 0 Å². The molecule has 0 spiro atoms. The van der Waals surface area contributed by atoms with Gasteiger partial charge in [-0.2, -0.15) is 0 Å². The number of nitro groups is 1. The molecule has 0 aliphatic rings. The van der Waals surface area contributed by atoms with Crippen molar-refractivity contribution in [3.05, 3.63) is 31.9 Å². The van der Waals surface area contributed by atoms with Gasteiger partial charge in [-0.15, -0.1) is 0 Å². The summed E-state index contributed by atoms with van der Waals surface area (Å²) in [6.45, 7) is 5.98. The monoisotopic (exact) mass is 337 g/mol. The lowest BCUT2D eigenvalue weighted by atomic mass is 10.3. The normalized spacial score (nSPS) is 11.2. The molecular weight excluding hydrogens is 325 g/mol. The first kappa shape index (κ1) is 12.4. The molecule has 1 aromatic rings. The highest BCUT2D eigenvalue weighted by molar-refractivity contribution is 14.1. The van der Waals surface area contributed by atoms with Crippen LogP contribution in [0.15, 0.2) is 18.2 Å². The highest BCUT2D eigenvalue weighted by atomic mass is 127. The van der Waals surface area contributed by atoms with Gasteiger partial charge in [0.15, 0.2) is 5.75 Å². The zero-order chi connectivity index (χ0) is 11.6. The molecule has 0 aliphatic carbocycles. The molecule has 0 fully saturated rings. The van der Waals surface area contributed by atoms with Crippen LogP contribution in [0, 0.1) is 13.7 Å². The van der Waals surface area contributed by atoms with E-state index in [9.17, 15) is 10.1 Å². The zero-order valence-corrected chi connectivity index (χ0v) is 11.9. The van der Waals surface area contributed by atoms with Crippen LogP contribution >= 0.6 is 22.6 Å². The molecule has 0 radical (unpaired) electrons. The van der Waals surface area contributed by atoms with Crippen molar-refractivity contribution in [2.45, 2.75) is 19.6 Å². The van der Waals surface area contributed by atoms with E-state index in [0.29, 0.717) is 5.75 Å². The van der Waals surface area contributed by atoms with Crippen LogP contribution in [0.2, 0.25) is 19.6 Å². The van der Waals surface area contributed by atoms with Crippen molar-refractivity contribution in [2.75, 3.05) is 0 Å². The molecule has 6 heteroatoms. The van der Waals surface area contributed by atoms with E-state index >= 15 is 0 Å². The van der Waals surface area contributed by atoms with Crippen molar-refractivity contribution in [3.8, 4) is 5.75 Å². The molecule has 0 aliphatic heterocycles. The lowest BCUT2D eigenvalue weighted by Crippen LogP contribution is -2.29. The second-order valence-electron chi connectivity index (χ2n) is 4.08. The van der Waals surface area contributed by atoms with Gasteiger partial charge in [-0.1, -0.05) is 0 Å². The van der Waals surface area contributed by atoms with Gasteiger partial charge in [-0.3, -0.25) is 10.1 Å². The van der Waals surface area contributed by atoms with Gasteiger partial charge in [0, 0.05) is 9.64 Å². The topological polar surface area (TPSA) is 52.4 Å². The Kier molecular flexibility index (Phi) is 3.71. The van der Waals surface area contributed by atoms with Crippen LogP contribution in [0.3, 0.4) is 0 Å². The van der Waals surface area contributed by atoms with Crippen LogP contribution < -0.4 is 4.43 Å². The maximum absolute atomic E-state index is 10.8. The summed E-state index contributed by atoms with van der Waals surface area (Å²) in [7, 11) is -1.80. The molecule has 4 nitrogen and oxygen atoms in total. The minimum atomic E-state index is -1.80. The molecule has 15 heavy (non-hydrogen) atoms.